The quantitative estimate of drug-likeness (QED) is 0.865. The molecule has 0 aliphatic carbocycles. The summed E-state index contributed by atoms with van der Waals surface area (Å²) in [6.45, 7) is 5.41. The Morgan fingerprint density at radius 3 is 2.50 bits per heavy atom. The van der Waals surface area contributed by atoms with E-state index in [2.05, 4.69) is 14.9 Å². The summed E-state index contributed by atoms with van der Waals surface area (Å²) in [5, 5.41) is 7.52. The van der Waals surface area contributed by atoms with Gasteiger partial charge in [0.2, 0.25) is 21.8 Å². The third-order valence-electron chi connectivity index (χ3n) is 3.18. The monoisotopic (exact) mass is 325 g/mol. The van der Waals surface area contributed by atoms with Crippen LogP contribution in [0.4, 0.5) is 0 Å². The minimum atomic E-state index is -3.60. The molecule has 1 N–H and O–H groups in total. The molecule has 8 heteroatoms. The summed E-state index contributed by atoms with van der Waals surface area (Å²) in [4.78, 5) is 0.243. The highest BCUT2D eigenvalue weighted by atomic mass is 32.2. The fourth-order valence-corrected chi connectivity index (χ4v) is 3.42. The van der Waals surface area contributed by atoms with Crippen LogP contribution in [0.2, 0.25) is 0 Å². The van der Waals surface area contributed by atoms with Crippen molar-refractivity contribution < 1.29 is 17.6 Å². The van der Waals surface area contributed by atoms with Gasteiger partial charge >= 0.3 is 0 Å². The van der Waals surface area contributed by atoms with E-state index in [0.29, 0.717) is 29.5 Å². The second-order valence-electron chi connectivity index (χ2n) is 4.95. The number of aromatic nitrogens is 2. The zero-order chi connectivity index (χ0) is 16.3. The summed E-state index contributed by atoms with van der Waals surface area (Å²) in [6, 6.07) is 3.32. The average molecular weight is 325 g/mol. The lowest BCUT2D eigenvalue weighted by Crippen LogP contribution is -2.26. The van der Waals surface area contributed by atoms with Crippen LogP contribution < -0.4 is 9.46 Å². The molecular formula is C14H19N3O4S. The van der Waals surface area contributed by atoms with Crippen molar-refractivity contribution in [1.82, 2.24) is 14.9 Å². The maximum absolute atomic E-state index is 12.4. The highest BCUT2D eigenvalue weighted by Crippen LogP contribution is 2.25. The maximum Gasteiger partial charge on any atom is 0.240 e. The van der Waals surface area contributed by atoms with Gasteiger partial charge in [-0.05, 0) is 37.1 Å². The van der Waals surface area contributed by atoms with Gasteiger partial charge < -0.3 is 9.15 Å². The Balaban J connectivity index is 2.11. The fraction of sp³-hybridized carbons (Fsp3) is 0.429. The van der Waals surface area contributed by atoms with Crippen LogP contribution in [-0.2, 0) is 16.4 Å². The Hall–Kier alpha value is -1.93. The molecule has 2 rings (SSSR count). The summed E-state index contributed by atoms with van der Waals surface area (Å²) in [5.41, 5.74) is 1.39. The van der Waals surface area contributed by atoms with Crippen molar-refractivity contribution in [2.75, 3.05) is 13.7 Å². The molecule has 0 radical (unpaired) electrons. The summed E-state index contributed by atoms with van der Waals surface area (Å²) in [7, 11) is -2.04. The van der Waals surface area contributed by atoms with E-state index in [-0.39, 0.29) is 11.4 Å². The van der Waals surface area contributed by atoms with Crippen LogP contribution in [-0.4, -0.2) is 32.3 Å². The highest BCUT2D eigenvalue weighted by molar-refractivity contribution is 7.89. The van der Waals surface area contributed by atoms with Crippen molar-refractivity contribution >= 4 is 10.0 Å². The normalized spacial score (nSPS) is 11.6. The number of rotatable bonds is 6. The van der Waals surface area contributed by atoms with E-state index >= 15 is 0 Å². The first kappa shape index (κ1) is 16.4. The Bertz CT molecular complexity index is 768. The highest BCUT2D eigenvalue weighted by Gasteiger charge is 2.18. The van der Waals surface area contributed by atoms with Crippen LogP contribution in [0.3, 0.4) is 0 Å². The molecule has 0 fully saturated rings. The smallest absolute Gasteiger partial charge is 0.240 e. The third-order valence-corrected chi connectivity index (χ3v) is 4.78. The van der Waals surface area contributed by atoms with Crippen molar-refractivity contribution in [3.8, 4) is 5.75 Å². The number of sulfonamides is 1. The standard InChI is InChI=1S/C14H19N3O4S/c1-9-8-13(10(2)7-12(9)20-4)22(18,19)15-6-5-14-17-16-11(3)21-14/h7-8,15H,5-6H2,1-4H3. The molecule has 1 heterocycles. The summed E-state index contributed by atoms with van der Waals surface area (Å²) in [5.74, 6) is 1.53. The predicted molar refractivity (Wildman–Crippen MR) is 80.4 cm³/mol. The molecule has 22 heavy (non-hydrogen) atoms. The minimum absolute atomic E-state index is 0.189. The third kappa shape index (κ3) is 3.63. The Morgan fingerprint density at radius 2 is 1.91 bits per heavy atom. The lowest BCUT2D eigenvalue weighted by molar-refractivity contribution is 0.411. The molecule has 1 aromatic carbocycles. The molecule has 0 bridgehead atoms. The van der Waals surface area contributed by atoms with Gasteiger partial charge in [0.1, 0.15) is 5.75 Å². The Kier molecular flexibility index (Phi) is 4.82. The van der Waals surface area contributed by atoms with E-state index in [1.807, 2.05) is 0 Å². The molecular weight excluding hydrogens is 306 g/mol. The second-order valence-corrected chi connectivity index (χ2v) is 6.69. The van der Waals surface area contributed by atoms with Gasteiger partial charge in [-0.15, -0.1) is 10.2 Å². The van der Waals surface area contributed by atoms with Crippen molar-refractivity contribution in [3.05, 3.63) is 35.0 Å². The first-order valence-electron chi connectivity index (χ1n) is 6.77. The van der Waals surface area contributed by atoms with Gasteiger partial charge in [0.25, 0.3) is 0 Å². The Morgan fingerprint density at radius 1 is 1.18 bits per heavy atom. The van der Waals surface area contributed by atoms with Crippen molar-refractivity contribution in [2.45, 2.75) is 32.1 Å². The fourth-order valence-electron chi connectivity index (χ4n) is 2.08. The SMILES string of the molecule is COc1cc(C)c(S(=O)(=O)NCCc2nnc(C)o2)cc1C. The van der Waals surface area contributed by atoms with Crippen LogP contribution in [0.5, 0.6) is 5.75 Å². The molecule has 0 saturated heterocycles. The lowest BCUT2D eigenvalue weighted by Gasteiger charge is -2.12. The van der Waals surface area contributed by atoms with Crippen molar-refractivity contribution in [1.29, 1.82) is 0 Å². The van der Waals surface area contributed by atoms with Gasteiger partial charge in [-0.25, -0.2) is 13.1 Å². The van der Waals surface area contributed by atoms with Gasteiger partial charge in [0.05, 0.1) is 12.0 Å². The van der Waals surface area contributed by atoms with Gasteiger partial charge in [0, 0.05) is 19.9 Å². The van der Waals surface area contributed by atoms with Crippen LogP contribution in [0.25, 0.3) is 0 Å². The first-order valence-corrected chi connectivity index (χ1v) is 8.25. The van der Waals surface area contributed by atoms with E-state index in [4.69, 9.17) is 9.15 Å². The molecule has 120 valence electrons. The number of aryl methyl sites for hydroxylation is 3. The van der Waals surface area contributed by atoms with Crippen LogP contribution in [0.15, 0.2) is 21.4 Å². The molecule has 0 amide bonds. The zero-order valence-electron chi connectivity index (χ0n) is 13.0. The summed E-state index contributed by atoms with van der Waals surface area (Å²) < 4.78 is 37.7. The molecule has 0 aliphatic heterocycles. The number of nitrogens with zero attached hydrogens (tertiary/aromatic N) is 2. The van der Waals surface area contributed by atoms with E-state index in [1.54, 1.807) is 40.0 Å². The number of nitrogens with one attached hydrogen (secondary N) is 1. The first-order chi connectivity index (χ1) is 10.3. The largest absolute Gasteiger partial charge is 0.496 e. The number of methoxy groups -OCH3 is 1. The van der Waals surface area contributed by atoms with Crippen LogP contribution in [0, 0.1) is 20.8 Å². The van der Waals surface area contributed by atoms with Gasteiger partial charge in [-0.1, -0.05) is 0 Å². The minimum Gasteiger partial charge on any atom is -0.496 e. The van der Waals surface area contributed by atoms with Gasteiger partial charge in [-0.2, -0.15) is 0 Å². The molecule has 0 spiro atoms. The number of benzene rings is 1. The molecule has 2 aromatic rings. The topological polar surface area (TPSA) is 94.3 Å². The van der Waals surface area contributed by atoms with E-state index in [0.717, 1.165) is 5.56 Å². The summed E-state index contributed by atoms with van der Waals surface area (Å²) in [6.07, 6.45) is 0.342. The molecule has 0 saturated carbocycles. The molecule has 0 unspecified atom stereocenters. The van der Waals surface area contributed by atoms with Gasteiger partial charge in [0.15, 0.2) is 0 Å². The molecule has 1 aromatic heterocycles. The number of hydrogen-bond acceptors (Lipinski definition) is 6. The van der Waals surface area contributed by atoms with E-state index in [1.165, 1.54) is 0 Å². The predicted octanol–water partition coefficient (Wildman–Crippen LogP) is 1.52. The van der Waals surface area contributed by atoms with E-state index in [9.17, 15) is 8.42 Å². The Labute approximate surface area is 129 Å². The average Bonchev–Trinajstić information content (AvgIpc) is 2.86. The van der Waals surface area contributed by atoms with Crippen molar-refractivity contribution in [3.63, 3.8) is 0 Å². The molecule has 7 nitrogen and oxygen atoms in total. The lowest BCUT2D eigenvalue weighted by atomic mass is 10.1. The van der Waals surface area contributed by atoms with Crippen LogP contribution in [0.1, 0.15) is 22.9 Å². The van der Waals surface area contributed by atoms with Crippen molar-refractivity contribution in [2.24, 2.45) is 0 Å². The number of hydrogen-bond donors (Lipinski definition) is 1. The van der Waals surface area contributed by atoms with E-state index < -0.39 is 10.0 Å². The summed E-state index contributed by atoms with van der Waals surface area (Å²) >= 11 is 0. The molecule has 0 aliphatic rings. The second kappa shape index (κ2) is 6.45. The number of ether oxygens (including phenoxy) is 1. The zero-order valence-corrected chi connectivity index (χ0v) is 13.8. The van der Waals surface area contributed by atoms with Gasteiger partial charge in [-0.3, -0.25) is 0 Å². The van der Waals surface area contributed by atoms with Crippen LogP contribution >= 0.6 is 0 Å². The molecule has 0 atom stereocenters. The maximum atomic E-state index is 12.4.